The number of hydrogen-bond donors (Lipinski definition) is 1. The van der Waals surface area contributed by atoms with Gasteiger partial charge in [0.1, 0.15) is 11.5 Å². The summed E-state index contributed by atoms with van der Waals surface area (Å²) in [6.45, 7) is 7.78. The molecule has 1 aliphatic rings. The summed E-state index contributed by atoms with van der Waals surface area (Å²) in [7, 11) is 0. The third kappa shape index (κ3) is 4.68. The molecule has 4 rings (SSSR count). The molecule has 3 aromatic rings. The lowest BCUT2D eigenvalue weighted by Gasteiger charge is -2.25. The Morgan fingerprint density at radius 2 is 1.85 bits per heavy atom. The number of allylic oxidation sites excluding steroid dienone is 1. The van der Waals surface area contributed by atoms with Gasteiger partial charge in [-0.2, -0.15) is 0 Å². The first-order chi connectivity index (χ1) is 16.3. The van der Waals surface area contributed by atoms with Gasteiger partial charge in [-0.25, -0.2) is 9.79 Å². The van der Waals surface area contributed by atoms with E-state index in [1.54, 1.807) is 55.7 Å². The lowest BCUT2D eigenvalue weighted by Crippen LogP contribution is -2.40. The van der Waals surface area contributed by atoms with Crippen LogP contribution in [0.5, 0.6) is 11.5 Å². The van der Waals surface area contributed by atoms with Gasteiger partial charge in [0, 0.05) is 0 Å². The molecule has 0 unspecified atom stereocenters. The van der Waals surface area contributed by atoms with Crippen molar-refractivity contribution in [1.82, 2.24) is 4.57 Å². The second-order valence-corrected chi connectivity index (χ2v) is 9.14. The highest BCUT2D eigenvalue weighted by Crippen LogP contribution is 2.32. The van der Waals surface area contributed by atoms with Crippen LogP contribution < -0.4 is 19.6 Å². The third-order valence-corrected chi connectivity index (χ3v) is 6.26. The van der Waals surface area contributed by atoms with Crippen molar-refractivity contribution in [3.63, 3.8) is 0 Å². The van der Waals surface area contributed by atoms with Gasteiger partial charge in [0.2, 0.25) is 0 Å². The molecule has 2 aromatic carbocycles. The number of phenols is 1. The van der Waals surface area contributed by atoms with Crippen molar-refractivity contribution < 1.29 is 19.4 Å². The molecule has 2 heterocycles. The van der Waals surface area contributed by atoms with Crippen molar-refractivity contribution in [3.05, 3.63) is 90.6 Å². The lowest BCUT2D eigenvalue weighted by atomic mass is 9.96. The first-order valence-corrected chi connectivity index (χ1v) is 11.9. The number of phenolic OH excluding ortho intramolecular Hbond substituents is 1. The van der Waals surface area contributed by atoms with Crippen LogP contribution in [-0.4, -0.2) is 28.4 Å². The van der Waals surface area contributed by atoms with Crippen LogP contribution in [0.1, 0.15) is 44.9 Å². The fraction of sp³-hybridized carbons (Fsp3) is 0.269. The molecule has 0 radical (unpaired) electrons. The van der Waals surface area contributed by atoms with Crippen molar-refractivity contribution in [2.75, 3.05) is 6.61 Å². The molecule has 1 aliphatic heterocycles. The van der Waals surface area contributed by atoms with Crippen LogP contribution >= 0.6 is 11.3 Å². The van der Waals surface area contributed by atoms with E-state index in [-0.39, 0.29) is 17.4 Å². The van der Waals surface area contributed by atoms with E-state index < -0.39 is 12.0 Å². The van der Waals surface area contributed by atoms with E-state index in [1.807, 2.05) is 31.2 Å². The van der Waals surface area contributed by atoms with Crippen molar-refractivity contribution in [2.45, 2.75) is 39.8 Å². The van der Waals surface area contributed by atoms with Gasteiger partial charge in [-0.3, -0.25) is 9.36 Å². The zero-order valence-corrected chi connectivity index (χ0v) is 20.3. The molecule has 1 N–H and O–H groups in total. The van der Waals surface area contributed by atoms with E-state index in [0.29, 0.717) is 33.0 Å². The van der Waals surface area contributed by atoms with Crippen molar-refractivity contribution in [2.24, 2.45) is 4.99 Å². The van der Waals surface area contributed by atoms with E-state index in [4.69, 9.17) is 9.47 Å². The Kier molecular flexibility index (Phi) is 6.70. The Morgan fingerprint density at radius 3 is 2.47 bits per heavy atom. The molecule has 0 bridgehead atoms. The second kappa shape index (κ2) is 9.69. The fourth-order valence-corrected chi connectivity index (χ4v) is 4.86. The Balaban J connectivity index is 1.90. The standard InChI is InChI=1S/C26H26N2O5S/c1-5-32-20-12-8-18(9-13-20)23-22(25(31)33-15(2)3)16(4)27-26-28(23)24(30)21(34-26)14-17-6-10-19(29)11-7-17/h6-15,23,29H,5H2,1-4H3/b21-14+/t23-/m1/s1. The molecular formula is C26H26N2O5S. The van der Waals surface area contributed by atoms with Crippen molar-refractivity contribution >= 4 is 23.4 Å². The number of thiazole rings is 1. The molecule has 176 valence electrons. The molecule has 0 aliphatic carbocycles. The maximum Gasteiger partial charge on any atom is 0.338 e. The van der Waals surface area contributed by atoms with Gasteiger partial charge in [-0.15, -0.1) is 0 Å². The predicted molar refractivity (Wildman–Crippen MR) is 131 cm³/mol. The predicted octanol–water partition coefficient (Wildman–Crippen LogP) is 3.29. The average Bonchev–Trinajstić information content (AvgIpc) is 3.09. The van der Waals surface area contributed by atoms with Crippen LogP contribution in [0.25, 0.3) is 6.08 Å². The Hall–Kier alpha value is -3.65. The highest BCUT2D eigenvalue weighted by molar-refractivity contribution is 7.07. The van der Waals surface area contributed by atoms with Crippen LogP contribution in [0.3, 0.4) is 0 Å². The van der Waals surface area contributed by atoms with Gasteiger partial charge in [0.15, 0.2) is 4.80 Å². The van der Waals surface area contributed by atoms with Crippen LogP contribution in [0.4, 0.5) is 0 Å². The minimum atomic E-state index is -0.680. The van der Waals surface area contributed by atoms with Gasteiger partial charge < -0.3 is 14.6 Å². The van der Waals surface area contributed by atoms with Crippen LogP contribution in [0.15, 0.2) is 69.6 Å². The van der Waals surface area contributed by atoms with Crippen molar-refractivity contribution in [3.8, 4) is 11.5 Å². The van der Waals surface area contributed by atoms with Gasteiger partial charge in [-0.1, -0.05) is 35.6 Å². The quantitative estimate of drug-likeness (QED) is 0.549. The molecule has 0 amide bonds. The first kappa shape index (κ1) is 23.5. The zero-order valence-electron chi connectivity index (χ0n) is 19.4. The second-order valence-electron chi connectivity index (χ2n) is 8.13. The normalized spacial score (nSPS) is 15.8. The zero-order chi connectivity index (χ0) is 24.4. The summed E-state index contributed by atoms with van der Waals surface area (Å²) < 4.78 is 13.1. The number of nitrogens with zero attached hydrogens (tertiary/aromatic N) is 2. The van der Waals surface area contributed by atoms with E-state index >= 15 is 0 Å². The molecule has 34 heavy (non-hydrogen) atoms. The van der Waals surface area contributed by atoms with Crippen LogP contribution in [0.2, 0.25) is 0 Å². The Labute approximate surface area is 200 Å². The molecule has 8 heteroatoms. The summed E-state index contributed by atoms with van der Waals surface area (Å²) in [6, 6.07) is 13.3. The molecule has 7 nitrogen and oxygen atoms in total. The molecule has 1 atom stereocenters. The number of esters is 1. The fourth-order valence-electron chi connectivity index (χ4n) is 3.81. The Bertz CT molecular complexity index is 1410. The van der Waals surface area contributed by atoms with E-state index in [1.165, 1.54) is 11.3 Å². The number of hydrogen-bond acceptors (Lipinski definition) is 7. The number of aromatic nitrogens is 1. The number of carbonyl (C=O) groups is 1. The number of ether oxygens (including phenoxy) is 2. The van der Waals surface area contributed by atoms with Gasteiger partial charge in [0.25, 0.3) is 5.56 Å². The summed E-state index contributed by atoms with van der Waals surface area (Å²) in [5.41, 5.74) is 2.13. The maximum atomic E-state index is 13.6. The largest absolute Gasteiger partial charge is 0.508 e. The van der Waals surface area contributed by atoms with E-state index in [2.05, 4.69) is 4.99 Å². The van der Waals surface area contributed by atoms with E-state index in [0.717, 1.165) is 11.1 Å². The highest BCUT2D eigenvalue weighted by atomic mass is 32.1. The number of aromatic hydroxyl groups is 1. The Morgan fingerprint density at radius 1 is 1.18 bits per heavy atom. The minimum Gasteiger partial charge on any atom is -0.508 e. The summed E-state index contributed by atoms with van der Waals surface area (Å²) in [6.07, 6.45) is 1.44. The van der Waals surface area contributed by atoms with Crippen LogP contribution in [-0.2, 0) is 9.53 Å². The smallest absolute Gasteiger partial charge is 0.338 e. The molecule has 0 fully saturated rings. The van der Waals surface area contributed by atoms with Crippen molar-refractivity contribution in [1.29, 1.82) is 0 Å². The molecule has 0 saturated heterocycles. The monoisotopic (exact) mass is 478 g/mol. The summed E-state index contributed by atoms with van der Waals surface area (Å²) >= 11 is 1.26. The number of carbonyl (C=O) groups excluding carboxylic acids is 1. The summed E-state index contributed by atoms with van der Waals surface area (Å²) in [5, 5.41) is 9.55. The topological polar surface area (TPSA) is 90.1 Å². The number of rotatable bonds is 6. The summed E-state index contributed by atoms with van der Waals surface area (Å²) in [5.74, 6) is 0.360. The minimum absolute atomic E-state index is 0.151. The highest BCUT2D eigenvalue weighted by Gasteiger charge is 2.33. The maximum absolute atomic E-state index is 13.6. The van der Waals surface area contributed by atoms with Gasteiger partial charge >= 0.3 is 5.97 Å². The average molecular weight is 479 g/mol. The summed E-state index contributed by atoms with van der Waals surface area (Å²) in [4.78, 5) is 31.8. The first-order valence-electron chi connectivity index (χ1n) is 11.0. The molecule has 0 saturated carbocycles. The molecular weight excluding hydrogens is 452 g/mol. The van der Waals surface area contributed by atoms with Crippen LogP contribution in [0, 0.1) is 0 Å². The SMILES string of the molecule is CCOc1ccc([C@@H]2C(C(=O)OC(C)C)=C(C)N=c3s/c(=C/c4ccc(O)cc4)c(=O)n32)cc1. The lowest BCUT2D eigenvalue weighted by molar-refractivity contribution is -0.143. The van der Waals surface area contributed by atoms with E-state index in [9.17, 15) is 14.7 Å². The van der Waals surface area contributed by atoms with Gasteiger partial charge in [-0.05, 0) is 69.2 Å². The molecule has 1 aromatic heterocycles. The number of benzene rings is 2. The number of fused-ring (bicyclic) bond motifs is 1. The third-order valence-electron chi connectivity index (χ3n) is 5.28. The molecule has 0 spiro atoms. The van der Waals surface area contributed by atoms with Gasteiger partial charge in [0.05, 0.1) is 34.6 Å².